The van der Waals surface area contributed by atoms with Crippen molar-refractivity contribution in [2.45, 2.75) is 101 Å². The van der Waals surface area contributed by atoms with Crippen LogP contribution in [-0.4, -0.2) is 93.5 Å². The minimum Gasteiger partial charge on any atom is -0.497 e. The first-order chi connectivity index (χ1) is 33.2. The van der Waals surface area contributed by atoms with Crippen LogP contribution in [0.2, 0.25) is 16.6 Å². The first kappa shape index (κ1) is 53.6. The fraction of sp³-hybridized carbons (Fsp3) is 0.423. The maximum Gasteiger partial charge on any atom is 0.297 e. The van der Waals surface area contributed by atoms with E-state index in [0.29, 0.717) is 22.6 Å². The first-order valence-electron chi connectivity index (χ1n) is 23.4. The Kier molecular flexibility index (Phi) is 17.3. The Labute approximate surface area is 412 Å². The minimum atomic E-state index is -4.44. The van der Waals surface area contributed by atoms with E-state index in [-0.39, 0.29) is 51.8 Å². The largest absolute Gasteiger partial charge is 0.497 e. The normalized spacial score (nSPS) is 13.8. The second-order valence-electron chi connectivity index (χ2n) is 18.7. The summed E-state index contributed by atoms with van der Waals surface area (Å²) in [5, 5.41) is 14.7. The molecule has 0 aliphatic heterocycles. The third-order valence-electron chi connectivity index (χ3n) is 12.9. The number of aromatic nitrogens is 4. The molecular formula is C52H67N5O11SSi. The summed E-state index contributed by atoms with van der Waals surface area (Å²) in [6, 6.07) is 30.8. The number of methoxy groups -OCH3 is 2. The molecule has 376 valence electrons. The van der Waals surface area contributed by atoms with Crippen LogP contribution in [0.5, 0.6) is 11.5 Å². The van der Waals surface area contributed by atoms with Crippen molar-refractivity contribution in [1.82, 2.24) is 19.5 Å². The third-order valence-corrected chi connectivity index (χ3v) is 20.2. The fourth-order valence-electron chi connectivity index (χ4n) is 9.15. The predicted molar refractivity (Wildman–Crippen MR) is 271 cm³/mol. The van der Waals surface area contributed by atoms with E-state index in [1.807, 2.05) is 85.8 Å². The molecule has 1 unspecified atom stereocenters. The predicted octanol–water partition coefficient (Wildman–Crippen LogP) is 8.89. The van der Waals surface area contributed by atoms with Crippen molar-refractivity contribution in [3.63, 3.8) is 0 Å². The van der Waals surface area contributed by atoms with E-state index in [2.05, 4.69) is 61.8 Å². The van der Waals surface area contributed by atoms with E-state index < -0.39 is 66.5 Å². The maximum absolute atomic E-state index is 14.0. The third kappa shape index (κ3) is 11.4. The van der Waals surface area contributed by atoms with Gasteiger partial charge in [-0.1, -0.05) is 128 Å². The van der Waals surface area contributed by atoms with Crippen LogP contribution in [0.3, 0.4) is 0 Å². The summed E-state index contributed by atoms with van der Waals surface area (Å²) < 4.78 is 68.2. The zero-order valence-electron chi connectivity index (χ0n) is 41.9. The molecule has 0 fully saturated rings. The van der Waals surface area contributed by atoms with Gasteiger partial charge in [-0.25, -0.2) is 4.98 Å². The van der Waals surface area contributed by atoms with Gasteiger partial charge in [-0.15, -0.1) is 0 Å². The Morgan fingerprint density at radius 3 is 1.83 bits per heavy atom. The zero-order valence-corrected chi connectivity index (χ0v) is 43.7. The Bertz CT molecular complexity index is 2770. The molecular weight excluding hydrogens is 931 g/mol. The second-order valence-corrected chi connectivity index (χ2v) is 25.8. The molecule has 0 spiro atoms. The van der Waals surface area contributed by atoms with Gasteiger partial charge in [-0.05, 0) is 76.6 Å². The summed E-state index contributed by atoms with van der Waals surface area (Å²) >= 11 is 0. The van der Waals surface area contributed by atoms with Crippen LogP contribution in [0.15, 0.2) is 119 Å². The molecule has 0 saturated heterocycles. The number of aryl methyl sites for hydroxylation is 1. The number of nitrogens with one attached hydrogen (secondary N) is 2. The Hall–Kier alpha value is -5.73. The maximum atomic E-state index is 14.0. The van der Waals surface area contributed by atoms with E-state index in [9.17, 15) is 23.1 Å². The smallest absolute Gasteiger partial charge is 0.297 e. The van der Waals surface area contributed by atoms with Crippen LogP contribution in [0.4, 0.5) is 5.95 Å². The molecule has 0 aliphatic rings. The van der Waals surface area contributed by atoms with Crippen molar-refractivity contribution in [1.29, 1.82) is 0 Å². The fourth-order valence-corrected chi connectivity index (χ4v) is 15.6. The lowest BCUT2D eigenvalue weighted by molar-refractivity contribution is -0.208. The summed E-state index contributed by atoms with van der Waals surface area (Å²) in [7, 11) is -4.02. The number of nitrogens with zero attached hydrogens (tertiary/aromatic N) is 3. The summed E-state index contributed by atoms with van der Waals surface area (Å²) in [5.74, 6) is 0.207. The van der Waals surface area contributed by atoms with E-state index in [4.69, 9.17) is 27.6 Å². The molecule has 3 N–H and O–H groups in total. The van der Waals surface area contributed by atoms with Crippen molar-refractivity contribution in [3.8, 4) is 11.5 Å². The highest BCUT2D eigenvalue weighted by Gasteiger charge is 2.49. The van der Waals surface area contributed by atoms with Crippen LogP contribution in [-0.2, 0) is 38.6 Å². The van der Waals surface area contributed by atoms with Gasteiger partial charge >= 0.3 is 0 Å². The number of ether oxygens (including phenoxy) is 4. The van der Waals surface area contributed by atoms with Gasteiger partial charge in [0.1, 0.15) is 29.3 Å². The molecule has 70 heavy (non-hydrogen) atoms. The van der Waals surface area contributed by atoms with Gasteiger partial charge in [0, 0.05) is 5.92 Å². The molecule has 0 bridgehead atoms. The lowest BCUT2D eigenvalue weighted by Gasteiger charge is -2.46. The number of H-pyrrole nitrogens is 1. The average Bonchev–Trinajstić information content (AvgIpc) is 3.78. The van der Waals surface area contributed by atoms with E-state index in [1.165, 1.54) is 23.0 Å². The van der Waals surface area contributed by atoms with Crippen molar-refractivity contribution in [2.24, 2.45) is 5.92 Å². The number of hydrogen-bond donors (Lipinski definition) is 3. The second kappa shape index (κ2) is 22.6. The number of benzene rings is 4. The number of carbonyl (C=O) groups excluding carboxylic acids is 1. The molecule has 2 atom stereocenters. The Morgan fingerprint density at radius 1 is 0.786 bits per heavy atom. The Balaban J connectivity index is 1.59. The molecule has 2 aromatic heterocycles. The van der Waals surface area contributed by atoms with Gasteiger partial charge in [0.2, 0.25) is 11.9 Å². The molecule has 1 amide bonds. The molecule has 4 aromatic carbocycles. The van der Waals surface area contributed by atoms with Crippen molar-refractivity contribution >= 4 is 41.5 Å². The number of fused-ring (bicyclic) bond motifs is 1. The quantitative estimate of drug-likeness (QED) is 0.0295. The monoisotopic (exact) mass is 997 g/mol. The number of carbonyl (C=O) groups is 1. The minimum absolute atomic E-state index is 0.0665. The highest BCUT2D eigenvalue weighted by Crippen LogP contribution is 2.45. The van der Waals surface area contributed by atoms with Crippen molar-refractivity contribution in [2.75, 3.05) is 46.0 Å². The van der Waals surface area contributed by atoms with Crippen molar-refractivity contribution in [3.05, 3.63) is 142 Å². The van der Waals surface area contributed by atoms with Gasteiger partial charge < -0.3 is 28.5 Å². The topological polar surface area (TPSA) is 202 Å². The van der Waals surface area contributed by atoms with Gasteiger partial charge in [-0.2, -0.15) is 13.4 Å². The summed E-state index contributed by atoms with van der Waals surface area (Å²) in [6.45, 7) is 16.1. The molecule has 0 saturated carbocycles. The highest BCUT2D eigenvalue weighted by atomic mass is 32.2. The summed E-state index contributed by atoms with van der Waals surface area (Å²) in [4.78, 5) is 37.9. The zero-order chi connectivity index (χ0) is 51.0. The standard InChI is InChI=1S/C52H67N5O11SSi/c1-34(2)48(59)55-50-54-47-46(49(60)56-50)53-33-57(47)45(29-66-69(61,62)44-27-17-38(9)18-28-44)68-51(30-58,32-67-70(35(3)4,36(5)6)37(7)8)31-65-52(39-15-13-12-14-16-39,40-19-23-42(63-10)24-20-40)41-21-25-43(64-11)26-22-41/h12-28,33-37,45,58H,29-32H2,1-11H3,(H2,54,55,56,59,60)/t45?,51-/m0/s1. The van der Waals surface area contributed by atoms with Crippen LogP contribution in [0.1, 0.15) is 83.9 Å². The van der Waals surface area contributed by atoms with E-state index in [1.54, 1.807) is 40.2 Å². The number of aliphatic hydroxyl groups is 1. The molecule has 6 rings (SSSR count). The van der Waals surface area contributed by atoms with Crippen LogP contribution < -0.4 is 20.3 Å². The molecule has 16 nitrogen and oxygen atoms in total. The van der Waals surface area contributed by atoms with Gasteiger partial charge in [0.15, 0.2) is 25.7 Å². The lowest BCUT2D eigenvalue weighted by atomic mass is 9.79. The number of aromatic amines is 1. The summed E-state index contributed by atoms with van der Waals surface area (Å²) in [5.41, 5.74) is -0.772. The van der Waals surface area contributed by atoms with Crippen LogP contribution in [0.25, 0.3) is 11.2 Å². The number of imidazole rings is 1. The molecule has 0 radical (unpaired) electrons. The number of aliphatic hydroxyl groups excluding tert-OH is 1. The van der Waals surface area contributed by atoms with E-state index >= 15 is 0 Å². The van der Waals surface area contributed by atoms with Crippen molar-refractivity contribution < 1.29 is 45.9 Å². The number of amides is 1. The molecule has 18 heteroatoms. The molecule has 0 aliphatic carbocycles. The number of anilines is 1. The Morgan fingerprint density at radius 2 is 1.33 bits per heavy atom. The highest BCUT2D eigenvalue weighted by molar-refractivity contribution is 7.86. The van der Waals surface area contributed by atoms with E-state index in [0.717, 1.165) is 11.1 Å². The number of rotatable bonds is 24. The van der Waals surface area contributed by atoms with Crippen LogP contribution in [0, 0.1) is 12.8 Å². The van der Waals surface area contributed by atoms with Gasteiger partial charge in [0.25, 0.3) is 15.7 Å². The average molecular weight is 998 g/mol. The van der Waals surface area contributed by atoms with Gasteiger partial charge in [0.05, 0.1) is 45.3 Å². The lowest BCUT2D eigenvalue weighted by Crippen LogP contribution is -2.56. The molecule has 2 heterocycles. The SMILES string of the molecule is COc1ccc(C(OC[C@@](CO)(CO[Si](C(C)C)(C(C)C)C(C)C)OC(COS(=O)(=O)c2ccc(C)cc2)n2cnc3c(=O)[nH]c(NC(=O)C(C)C)nc32)(c2ccccc2)c2ccc(OC)cc2)cc1. The first-order valence-corrected chi connectivity index (χ1v) is 27.0. The van der Waals surface area contributed by atoms with Gasteiger partial charge in [-0.3, -0.25) is 28.6 Å². The molecule has 6 aromatic rings. The van der Waals surface area contributed by atoms with Crippen LogP contribution >= 0.6 is 0 Å². The summed E-state index contributed by atoms with van der Waals surface area (Å²) in [6.07, 6.45) is -0.218. The number of hydrogen-bond acceptors (Lipinski definition) is 13.